The zero-order valence-corrected chi connectivity index (χ0v) is 13.0. The number of ether oxygens (including phenoxy) is 1. The molecule has 0 saturated carbocycles. The number of hydrogen-bond donors (Lipinski definition) is 1. The van der Waals surface area contributed by atoms with Gasteiger partial charge in [-0.2, -0.15) is 0 Å². The zero-order chi connectivity index (χ0) is 16.5. The van der Waals surface area contributed by atoms with Crippen molar-refractivity contribution in [1.29, 1.82) is 0 Å². The number of rotatable bonds is 4. The minimum absolute atomic E-state index is 0.106. The second kappa shape index (κ2) is 5.84. The molecule has 7 heteroatoms. The van der Waals surface area contributed by atoms with E-state index in [1.165, 1.54) is 7.11 Å². The Morgan fingerprint density at radius 3 is 2.92 bits per heavy atom. The molecule has 0 unspecified atom stereocenters. The largest absolute Gasteiger partial charge is 0.504 e. The van der Waals surface area contributed by atoms with Crippen LogP contribution in [0.3, 0.4) is 0 Å². The zero-order valence-electron chi connectivity index (χ0n) is 13.0. The fourth-order valence-electron chi connectivity index (χ4n) is 2.83. The van der Waals surface area contributed by atoms with Crippen LogP contribution in [0.1, 0.15) is 23.1 Å². The summed E-state index contributed by atoms with van der Waals surface area (Å²) in [4.78, 5) is 5.48. The molecule has 0 bridgehead atoms. The Bertz CT molecular complexity index is 933. The summed E-state index contributed by atoms with van der Waals surface area (Å²) in [6, 6.07) is 9.10. The first-order valence-corrected chi connectivity index (χ1v) is 7.55. The van der Waals surface area contributed by atoms with Crippen molar-refractivity contribution >= 4 is 16.7 Å². The van der Waals surface area contributed by atoms with Crippen molar-refractivity contribution in [3.63, 3.8) is 0 Å². The Morgan fingerprint density at radius 1 is 1.17 bits per heavy atom. The third-order valence-electron chi connectivity index (χ3n) is 4.07. The van der Waals surface area contributed by atoms with Crippen LogP contribution in [0.25, 0.3) is 11.0 Å². The van der Waals surface area contributed by atoms with Crippen molar-refractivity contribution in [2.75, 3.05) is 7.11 Å². The number of methoxy groups -OCH3 is 1. The Balaban J connectivity index is 1.50. The molecule has 7 nitrogen and oxygen atoms in total. The van der Waals surface area contributed by atoms with Crippen LogP contribution < -0.4 is 4.74 Å². The smallest absolute Gasteiger partial charge is 0.160 e. The highest BCUT2D eigenvalue weighted by Gasteiger charge is 2.21. The number of phenolic OH excluding ortho intramolecular Hbond substituents is 1. The SMILES string of the molecule is COc1cc2c(cc1O)/C(=N/OCc1ccc3nonc3c1)CC2. The lowest BCUT2D eigenvalue weighted by atomic mass is 10.1. The van der Waals surface area contributed by atoms with Crippen LogP contribution in [0.5, 0.6) is 11.5 Å². The highest BCUT2D eigenvalue weighted by Crippen LogP contribution is 2.34. The number of aromatic hydroxyl groups is 1. The molecule has 1 aliphatic carbocycles. The van der Waals surface area contributed by atoms with Crippen molar-refractivity contribution < 1.29 is 19.3 Å². The molecule has 4 rings (SSSR count). The van der Waals surface area contributed by atoms with Gasteiger partial charge in [-0.1, -0.05) is 11.2 Å². The lowest BCUT2D eigenvalue weighted by Crippen LogP contribution is -1.97. The standard InChI is InChI=1S/C17H15N3O4/c1-22-17-7-11-3-5-13(12(11)8-16(17)21)18-23-9-10-2-4-14-15(6-10)20-24-19-14/h2,4,6-8,21H,3,5,9H2,1H3/b18-13+. The van der Waals surface area contributed by atoms with Crippen molar-refractivity contribution in [3.05, 3.63) is 47.0 Å². The van der Waals surface area contributed by atoms with Crippen LogP contribution >= 0.6 is 0 Å². The van der Waals surface area contributed by atoms with Gasteiger partial charge >= 0.3 is 0 Å². The molecule has 0 aliphatic heterocycles. The van der Waals surface area contributed by atoms with Gasteiger partial charge in [0.25, 0.3) is 0 Å². The molecule has 0 spiro atoms. The number of fused-ring (bicyclic) bond motifs is 2. The molecule has 1 aliphatic rings. The van der Waals surface area contributed by atoms with E-state index in [0.29, 0.717) is 23.4 Å². The van der Waals surface area contributed by atoms with Crippen molar-refractivity contribution in [2.24, 2.45) is 5.16 Å². The molecule has 3 aromatic rings. The molecule has 122 valence electrons. The fraction of sp³-hybridized carbons (Fsp3) is 0.235. The Morgan fingerprint density at radius 2 is 2.04 bits per heavy atom. The molecule has 0 fully saturated rings. The molecule has 0 saturated heterocycles. The third kappa shape index (κ3) is 2.54. The van der Waals surface area contributed by atoms with Gasteiger partial charge in [-0.05, 0) is 58.5 Å². The Hall–Kier alpha value is -3.09. The number of aryl methyl sites for hydroxylation is 1. The van der Waals surface area contributed by atoms with Crippen LogP contribution in [0, 0.1) is 0 Å². The van der Waals surface area contributed by atoms with Crippen molar-refractivity contribution in [3.8, 4) is 11.5 Å². The summed E-state index contributed by atoms with van der Waals surface area (Å²) in [5.74, 6) is 0.584. The van der Waals surface area contributed by atoms with E-state index in [1.54, 1.807) is 6.07 Å². The fourth-order valence-corrected chi connectivity index (χ4v) is 2.83. The summed E-state index contributed by atoms with van der Waals surface area (Å²) in [7, 11) is 1.54. The van der Waals surface area contributed by atoms with Gasteiger partial charge in [0.1, 0.15) is 17.6 Å². The van der Waals surface area contributed by atoms with Gasteiger partial charge in [0, 0.05) is 5.56 Å². The molecule has 0 radical (unpaired) electrons. The van der Waals surface area contributed by atoms with E-state index in [9.17, 15) is 5.11 Å². The molecular weight excluding hydrogens is 310 g/mol. The van der Waals surface area contributed by atoms with Gasteiger partial charge in [0.15, 0.2) is 11.5 Å². The van der Waals surface area contributed by atoms with Crippen LogP contribution in [-0.4, -0.2) is 28.2 Å². The van der Waals surface area contributed by atoms with Gasteiger partial charge in [0.2, 0.25) is 0 Å². The molecule has 24 heavy (non-hydrogen) atoms. The second-order valence-corrected chi connectivity index (χ2v) is 5.58. The third-order valence-corrected chi connectivity index (χ3v) is 4.07. The van der Waals surface area contributed by atoms with Gasteiger partial charge in [-0.25, -0.2) is 4.63 Å². The van der Waals surface area contributed by atoms with Crippen LogP contribution in [0.4, 0.5) is 0 Å². The number of benzene rings is 2. The van der Waals surface area contributed by atoms with Gasteiger partial charge in [-0.15, -0.1) is 0 Å². The normalized spacial score (nSPS) is 15.0. The maximum absolute atomic E-state index is 9.93. The van der Waals surface area contributed by atoms with Crippen LogP contribution in [-0.2, 0) is 17.9 Å². The number of phenols is 1. The molecule has 2 aromatic carbocycles. The van der Waals surface area contributed by atoms with Gasteiger partial charge in [-0.3, -0.25) is 0 Å². The molecule has 1 N–H and O–H groups in total. The van der Waals surface area contributed by atoms with Gasteiger partial charge < -0.3 is 14.7 Å². The maximum Gasteiger partial charge on any atom is 0.160 e. The van der Waals surface area contributed by atoms with Crippen molar-refractivity contribution in [2.45, 2.75) is 19.4 Å². The lowest BCUT2D eigenvalue weighted by molar-refractivity contribution is 0.130. The number of oxime groups is 1. The minimum Gasteiger partial charge on any atom is -0.504 e. The van der Waals surface area contributed by atoms with Gasteiger partial charge in [0.05, 0.1) is 12.8 Å². The topological polar surface area (TPSA) is 90.0 Å². The average Bonchev–Trinajstić information content (AvgIpc) is 3.20. The van der Waals surface area contributed by atoms with E-state index in [4.69, 9.17) is 9.57 Å². The summed E-state index contributed by atoms with van der Waals surface area (Å²) in [6.45, 7) is 0.323. The summed E-state index contributed by atoms with van der Waals surface area (Å²) >= 11 is 0. The summed E-state index contributed by atoms with van der Waals surface area (Å²) in [5, 5.41) is 21.7. The quantitative estimate of drug-likeness (QED) is 0.742. The predicted molar refractivity (Wildman–Crippen MR) is 86.1 cm³/mol. The molecule has 0 atom stereocenters. The molecular formula is C17H15N3O4. The highest BCUT2D eigenvalue weighted by atomic mass is 16.6. The first-order chi connectivity index (χ1) is 11.7. The first kappa shape index (κ1) is 14.5. The minimum atomic E-state index is 0.106. The Labute approximate surface area is 137 Å². The lowest BCUT2D eigenvalue weighted by Gasteiger charge is -2.07. The average molecular weight is 325 g/mol. The van der Waals surface area contributed by atoms with Crippen LogP contribution in [0.15, 0.2) is 40.1 Å². The highest BCUT2D eigenvalue weighted by molar-refractivity contribution is 6.04. The van der Waals surface area contributed by atoms with E-state index in [1.807, 2.05) is 24.3 Å². The molecule has 1 aromatic heterocycles. The Kier molecular flexibility index (Phi) is 3.53. The summed E-state index contributed by atoms with van der Waals surface area (Å²) in [6.07, 6.45) is 1.62. The maximum atomic E-state index is 9.93. The van der Waals surface area contributed by atoms with Crippen LogP contribution in [0.2, 0.25) is 0 Å². The summed E-state index contributed by atoms with van der Waals surface area (Å²) in [5.41, 5.74) is 5.16. The molecule has 0 amide bonds. The van der Waals surface area contributed by atoms with E-state index in [2.05, 4.69) is 20.1 Å². The first-order valence-electron chi connectivity index (χ1n) is 7.55. The molecule has 1 heterocycles. The number of nitrogens with zero attached hydrogens (tertiary/aromatic N) is 3. The van der Waals surface area contributed by atoms with E-state index >= 15 is 0 Å². The number of aromatic nitrogens is 2. The monoisotopic (exact) mass is 325 g/mol. The second-order valence-electron chi connectivity index (χ2n) is 5.58. The van der Waals surface area contributed by atoms with E-state index in [0.717, 1.165) is 35.2 Å². The van der Waals surface area contributed by atoms with E-state index in [-0.39, 0.29) is 5.75 Å². The van der Waals surface area contributed by atoms with Crippen molar-refractivity contribution in [1.82, 2.24) is 10.3 Å². The predicted octanol–water partition coefficient (Wildman–Crippen LogP) is 2.80. The number of hydrogen-bond acceptors (Lipinski definition) is 7. The summed E-state index contributed by atoms with van der Waals surface area (Å²) < 4.78 is 9.81. The van der Waals surface area contributed by atoms with E-state index < -0.39 is 0 Å².